The molecule has 0 bridgehead atoms. The summed E-state index contributed by atoms with van der Waals surface area (Å²) in [6.45, 7) is 1.85. The summed E-state index contributed by atoms with van der Waals surface area (Å²) in [4.78, 5) is 25.2. The number of amides is 2. The van der Waals surface area contributed by atoms with E-state index in [1.54, 1.807) is 24.3 Å². The summed E-state index contributed by atoms with van der Waals surface area (Å²) in [5.74, 6) is -0.119. The number of carbonyl (C=O) groups excluding carboxylic acids is 2. The Balaban J connectivity index is 1.54. The first-order valence-electron chi connectivity index (χ1n) is 8.19. The van der Waals surface area contributed by atoms with Crippen molar-refractivity contribution in [1.29, 1.82) is 0 Å². The Hall–Kier alpha value is -2.51. The molecule has 27 heavy (non-hydrogen) atoms. The van der Waals surface area contributed by atoms with Crippen LogP contribution in [0.5, 0.6) is 0 Å². The second-order valence-corrected chi connectivity index (χ2v) is 8.04. The van der Waals surface area contributed by atoms with Crippen LogP contribution in [0.25, 0.3) is 0 Å². The first kappa shape index (κ1) is 19.3. The lowest BCUT2D eigenvalue weighted by molar-refractivity contribution is -0.115. The number of nitrogens with one attached hydrogen (secondary N) is 2. The molecular weight excluding hydrogens is 428 g/mol. The van der Waals surface area contributed by atoms with Crippen molar-refractivity contribution in [3.63, 3.8) is 0 Å². The highest BCUT2D eigenvalue weighted by molar-refractivity contribution is 9.10. The monoisotopic (exact) mass is 444 g/mol. The van der Waals surface area contributed by atoms with Gasteiger partial charge >= 0.3 is 0 Å². The summed E-state index contributed by atoms with van der Waals surface area (Å²) in [5.41, 5.74) is 1.42. The number of hydrogen-bond acceptors (Lipinski definition) is 4. The Morgan fingerprint density at radius 1 is 0.963 bits per heavy atom. The maximum Gasteiger partial charge on any atom is 0.291 e. The van der Waals surface area contributed by atoms with Gasteiger partial charge in [-0.3, -0.25) is 9.59 Å². The van der Waals surface area contributed by atoms with Gasteiger partial charge in [-0.25, -0.2) is 0 Å². The highest BCUT2D eigenvalue weighted by Crippen LogP contribution is 2.26. The van der Waals surface area contributed by atoms with Crippen LogP contribution in [0.15, 0.2) is 80.7 Å². The number of thioether (sulfide) groups is 1. The van der Waals surface area contributed by atoms with E-state index in [9.17, 15) is 9.59 Å². The first-order chi connectivity index (χ1) is 13.0. The normalized spacial score (nSPS) is 11.6. The number of hydrogen-bond donors (Lipinski definition) is 2. The van der Waals surface area contributed by atoms with Crippen molar-refractivity contribution in [2.24, 2.45) is 0 Å². The molecule has 1 aromatic heterocycles. The molecule has 0 saturated heterocycles. The Bertz CT molecular complexity index is 909. The minimum Gasteiger partial charge on any atom is -0.459 e. The van der Waals surface area contributed by atoms with Gasteiger partial charge in [0.15, 0.2) is 5.76 Å². The summed E-state index contributed by atoms with van der Waals surface area (Å²) in [6, 6.07) is 18.0. The van der Waals surface area contributed by atoms with E-state index in [-0.39, 0.29) is 22.8 Å². The number of furan rings is 1. The fraction of sp³-hybridized carbons (Fsp3) is 0.100. The third kappa shape index (κ3) is 5.48. The highest BCUT2D eigenvalue weighted by Gasteiger charge is 2.15. The largest absolute Gasteiger partial charge is 0.459 e. The fourth-order valence-electron chi connectivity index (χ4n) is 2.25. The van der Waals surface area contributed by atoms with Gasteiger partial charge in [0.1, 0.15) is 0 Å². The molecule has 0 radical (unpaired) electrons. The molecule has 2 aromatic carbocycles. The molecule has 1 unspecified atom stereocenters. The lowest BCUT2D eigenvalue weighted by Gasteiger charge is -2.12. The summed E-state index contributed by atoms with van der Waals surface area (Å²) < 4.78 is 6.02. The molecule has 2 N–H and O–H groups in total. The van der Waals surface area contributed by atoms with Gasteiger partial charge in [-0.15, -0.1) is 11.8 Å². The first-order valence-corrected chi connectivity index (χ1v) is 9.86. The molecule has 0 aliphatic heterocycles. The predicted octanol–water partition coefficient (Wildman–Crippen LogP) is 5.41. The third-order valence-electron chi connectivity index (χ3n) is 3.65. The second kappa shape index (κ2) is 8.92. The fourth-order valence-corrected chi connectivity index (χ4v) is 3.38. The molecule has 1 atom stereocenters. The average Bonchev–Trinajstić information content (AvgIpc) is 3.20. The smallest absolute Gasteiger partial charge is 0.291 e. The molecule has 0 aliphatic rings. The van der Waals surface area contributed by atoms with E-state index < -0.39 is 0 Å². The Labute approximate surface area is 169 Å². The van der Waals surface area contributed by atoms with Crippen LogP contribution in [-0.2, 0) is 4.79 Å². The summed E-state index contributed by atoms with van der Waals surface area (Å²) in [6.07, 6.45) is 1.45. The standard InChI is InChI=1S/C20H17BrN2O3S/c1-13(19(24)22-15-6-4-14(21)5-7-15)27-17-10-8-16(9-11-17)23-20(25)18-3-2-12-26-18/h2-13H,1H3,(H,22,24)(H,23,25). The van der Waals surface area contributed by atoms with Crippen molar-refractivity contribution >= 4 is 50.9 Å². The molecule has 2 amide bonds. The van der Waals surface area contributed by atoms with Crippen LogP contribution in [0.3, 0.4) is 0 Å². The van der Waals surface area contributed by atoms with Crippen LogP contribution in [-0.4, -0.2) is 17.1 Å². The third-order valence-corrected chi connectivity index (χ3v) is 5.29. The predicted molar refractivity (Wildman–Crippen MR) is 111 cm³/mol. The number of halogens is 1. The van der Waals surface area contributed by atoms with Crippen LogP contribution in [0, 0.1) is 0 Å². The number of benzene rings is 2. The minimum atomic E-state index is -0.303. The van der Waals surface area contributed by atoms with E-state index in [2.05, 4.69) is 26.6 Å². The van der Waals surface area contributed by atoms with Crippen LogP contribution in [0.1, 0.15) is 17.5 Å². The Kier molecular flexibility index (Phi) is 6.36. The van der Waals surface area contributed by atoms with E-state index in [1.807, 2.05) is 43.3 Å². The maximum atomic E-state index is 12.3. The van der Waals surface area contributed by atoms with E-state index in [0.29, 0.717) is 5.69 Å². The zero-order valence-corrected chi connectivity index (χ0v) is 16.8. The minimum absolute atomic E-state index is 0.0717. The summed E-state index contributed by atoms with van der Waals surface area (Å²) in [7, 11) is 0. The topological polar surface area (TPSA) is 71.3 Å². The van der Waals surface area contributed by atoms with Crippen molar-refractivity contribution in [3.8, 4) is 0 Å². The molecular formula is C20H17BrN2O3S. The SMILES string of the molecule is CC(Sc1ccc(NC(=O)c2ccco2)cc1)C(=O)Nc1ccc(Br)cc1. The van der Waals surface area contributed by atoms with E-state index in [1.165, 1.54) is 18.0 Å². The number of anilines is 2. The van der Waals surface area contributed by atoms with Crippen molar-refractivity contribution in [1.82, 2.24) is 0 Å². The van der Waals surface area contributed by atoms with Crippen LogP contribution in [0.2, 0.25) is 0 Å². The van der Waals surface area contributed by atoms with E-state index in [4.69, 9.17) is 4.42 Å². The zero-order chi connectivity index (χ0) is 19.2. The lowest BCUT2D eigenvalue weighted by Crippen LogP contribution is -2.22. The molecule has 3 aromatic rings. The quantitative estimate of drug-likeness (QED) is 0.498. The van der Waals surface area contributed by atoms with Gasteiger partial charge in [-0.2, -0.15) is 0 Å². The van der Waals surface area contributed by atoms with Crippen LogP contribution >= 0.6 is 27.7 Å². The van der Waals surface area contributed by atoms with Gasteiger partial charge in [0.25, 0.3) is 5.91 Å². The van der Waals surface area contributed by atoms with Gasteiger partial charge in [-0.05, 0) is 67.6 Å². The van der Waals surface area contributed by atoms with Gasteiger partial charge in [0, 0.05) is 20.7 Å². The molecule has 0 spiro atoms. The molecule has 0 aliphatic carbocycles. The molecule has 3 rings (SSSR count). The summed E-state index contributed by atoms with van der Waals surface area (Å²) in [5, 5.41) is 5.39. The molecule has 0 saturated carbocycles. The van der Waals surface area contributed by atoms with Crippen LogP contribution < -0.4 is 10.6 Å². The second-order valence-electron chi connectivity index (χ2n) is 5.71. The van der Waals surface area contributed by atoms with Gasteiger partial charge in [-0.1, -0.05) is 15.9 Å². The van der Waals surface area contributed by atoms with Gasteiger partial charge in [0.2, 0.25) is 5.91 Å². The number of rotatable bonds is 6. The molecule has 1 heterocycles. The summed E-state index contributed by atoms with van der Waals surface area (Å²) >= 11 is 4.82. The van der Waals surface area contributed by atoms with Gasteiger partial charge in [0.05, 0.1) is 11.5 Å². The number of carbonyl (C=O) groups is 2. The maximum absolute atomic E-state index is 12.3. The zero-order valence-electron chi connectivity index (χ0n) is 14.4. The molecule has 138 valence electrons. The Morgan fingerprint density at radius 2 is 1.59 bits per heavy atom. The van der Waals surface area contributed by atoms with E-state index >= 15 is 0 Å². The molecule has 0 fully saturated rings. The van der Waals surface area contributed by atoms with Crippen molar-refractivity contribution in [3.05, 3.63) is 77.2 Å². The lowest BCUT2D eigenvalue weighted by atomic mass is 10.3. The molecule has 7 heteroatoms. The van der Waals surface area contributed by atoms with Gasteiger partial charge < -0.3 is 15.1 Å². The molecule has 5 nitrogen and oxygen atoms in total. The Morgan fingerprint density at radius 3 is 2.22 bits per heavy atom. The van der Waals surface area contributed by atoms with Crippen molar-refractivity contribution < 1.29 is 14.0 Å². The van der Waals surface area contributed by atoms with Crippen molar-refractivity contribution in [2.75, 3.05) is 10.6 Å². The average molecular weight is 445 g/mol. The van der Waals surface area contributed by atoms with Crippen molar-refractivity contribution in [2.45, 2.75) is 17.1 Å². The van der Waals surface area contributed by atoms with E-state index in [0.717, 1.165) is 15.1 Å². The highest BCUT2D eigenvalue weighted by atomic mass is 79.9. The van der Waals surface area contributed by atoms with Crippen LogP contribution in [0.4, 0.5) is 11.4 Å².